The van der Waals surface area contributed by atoms with Gasteiger partial charge in [-0.25, -0.2) is 9.78 Å². The van der Waals surface area contributed by atoms with Gasteiger partial charge in [-0.15, -0.1) is 0 Å². The first kappa shape index (κ1) is 15.5. The molecule has 2 heterocycles. The smallest absolute Gasteiger partial charge is 0.264 e. The van der Waals surface area contributed by atoms with Gasteiger partial charge in [0.15, 0.2) is 5.82 Å². The number of nitrogens with zero attached hydrogens (tertiary/aromatic N) is 3. The number of aromatic nitrogens is 4. The number of hydrogen-bond acceptors (Lipinski definition) is 4. The maximum Gasteiger partial charge on any atom is 0.264 e. The Bertz CT molecular complexity index is 736. The summed E-state index contributed by atoms with van der Waals surface area (Å²) in [5, 5.41) is 13.6. The molecule has 23 heavy (non-hydrogen) atoms. The van der Waals surface area contributed by atoms with Crippen LogP contribution in [0.5, 0.6) is 0 Å². The van der Waals surface area contributed by atoms with E-state index in [9.17, 15) is 9.59 Å². The second kappa shape index (κ2) is 6.36. The molecule has 7 nitrogen and oxygen atoms in total. The van der Waals surface area contributed by atoms with Gasteiger partial charge in [-0.1, -0.05) is 6.92 Å². The Morgan fingerprint density at radius 3 is 2.70 bits per heavy atom. The van der Waals surface area contributed by atoms with E-state index in [-0.39, 0.29) is 17.5 Å². The van der Waals surface area contributed by atoms with Gasteiger partial charge in [0.25, 0.3) is 11.5 Å². The van der Waals surface area contributed by atoms with E-state index in [0.717, 1.165) is 31.6 Å². The lowest BCUT2D eigenvalue weighted by Gasteiger charge is -2.26. The largest absolute Gasteiger partial charge is 0.349 e. The van der Waals surface area contributed by atoms with E-state index in [0.29, 0.717) is 17.1 Å². The van der Waals surface area contributed by atoms with Crippen LogP contribution in [0.4, 0.5) is 0 Å². The average Bonchev–Trinajstić information content (AvgIpc) is 2.92. The van der Waals surface area contributed by atoms with Crippen LogP contribution in [0.15, 0.2) is 23.1 Å². The highest BCUT2D eigenvalue weighted by Gasteiger charge is 2.22. The van der Waals surface area contributed by atoms with E-state index < -0.39 is 0 Å². The first-order chi connectivity index (χ1) is 11.0. The molecule has 1 aliphatic rings. The molecule has 2 aromatic rings. The highest BCUT2D eigenvalue weighted by molar-refractivity contribution is 5.95. The van der Waals surface area contributed by atoms with E-state index in [1.165, 1.54) is 6.07 Å². The Morgan fingerprint density at radius 1 is 1.30 bits per heavy atom. The number of hydrogen-bond donors (Lipinski definition) is 2. The van der Waals surface area contributed by atoms with Crippen molar-refractivity contribution in [3.05, 3.63) is 39.9 Å². The SMILES string of the molecule is Cc1c(C(=O)NC2CCC(C)CC2)cnn1-c1ccc(=O)[nH]n1. The van der Waals surface area contributed by atoms with Crippen LogP contribution in [-0.4, -0.2) is 31.9 Å². The fourth-order valence-electron chi connectivity index (χ4n) is 2.99. The lowest BCUT2D eigenvalue weighted by molar-refractivity contribution is 0.0922. The molecule has 1 fully saturated rings. The second-order valence-corrected chi connectivity index (χ2v) is 6.27. The van der Waals surface area contributed by atoms with Gasteiger partial charge >= 0.3 is 0 Å². The van der Waals surface area contributed by atoms with Crippen LogP contribution in [0.3, 0.4) is 0 Å². The highest BCUT2D eigenvalue weighted by atomic mass is 16.1. The number of rotatable bonds is 3. The monoisotopic (exact) mass is 315 g/mol. The van der Waals surface area contributed by atoms with E-state index in [2.05, 4.69) is 27.5 Å². The minimum Gasteiger partial charge on any atom is -0.349 e. The van der Waals surface area contributed by atoms with E-state index in [1.54, 1.807) is 16.9 Å². The molecule has 1 aliphatic carbocycles. The zero-order chi connectivity index (χ0) is 16.4. The van der Waals surface area contributed by atoms with Gasteiger partial charge in [0.2, 0.25) is 0 Å². The maximum absolute atomic E-state index is 12.5. The van der Waals surface area contributed by atoms with Crippen LogP contribution in [-0.2, 0) is 0 Å². The molecule has 1 amide bonds. The number of carbonyl (C=O) groups is 1. The minimum absolute atomic E-state index is 0.0993. The standard InChI is InChI=1S/C16H21N5O2/c1-10-3-5-12(6-4-10)18-16(23)13-9-17-21(11(13)2)14-7-8-15(22)20-19-14/h7-10,12H,3-6H2,1-2H3,(H,18,23)(H,20,22). The van der Waals surface area contributed by atoms with Crippen LogP contribution in [0, 0.1) is 12.8 Å². The van der Waals surface area contributed by atoms with E-state index >= 15 is 0 Å². The molecule has 0 aromatic carbocycles. The second-order valence-electron chi connectivity index (χ2n) is 6.27. The summed E-state index contributed by atoms with van der Waals surface area (Å²) < 4.78 is 1.55. The molecule has 122 valence electrons. The molecule has 0 spiro atoms. The fourth-order valence-corrected chi connectivity index (χ4v) is 2.99. The summed E-state index contributed by atoms with van der Waals surface area (Å²) in [4.78, 5) is 23.6. The van der Waals surface area contributed by atoms with Gasteiger partial charge in [0, 0.05) is 12.1 Å². The molecular formula is C16H21N5O2. The molecule has 0 saturated heterocycles. The van der Waals surface area contributed by atoms with E-state index in [1.807, 2.05) is 6.92 Å². The molecule has 0 atom stereocenters. The summed E-state index contributed by atoms with van der Waals surface area (Å²) in [5.41, 5.74) is 0.964. The molecule has 7 heteroatoms. The number of amides is 1. The normalized spacial score (nSPS) is 21.1. The molecule has 0 bridgehead atoms. The van der Waals surface area contributed by atoms with Gasteiger partial charge in [-0.2, -0.15) is 10.2 Å². The number of H-pyrrole nitrogens is 1. The van der Waals surface area contributed by atoms with Gasteiger partial charge in [0.1, 0.15) is 0 Å². The average molecular weight is 315 g/mol. The van der Waals surface area contributed by atoms with Crippen molar-refractivity contribution >= 4 is 5.91 Å². The predicted octanol–water partition coefficient (Wildman–Crippen LogP) is 1.57. The highest BCUT2D eigenvalue weighted by Crippen LogP contribution is 2.24. The lowest BCUT2D eigenvalue weighted by atomic mass is 9.87. The Hall–Kier alpha value is -2.44. The maximum atomic E-state index is 12.5. The minimum atomic E-state index is -0.275. The van der Waals surface area contributed by atoms with Crippen molar-refractivity contribution in [3.63, 3.8) is 0 Å². The first-order valence-corrected chi connectivity index (χ1v) is 7.96. The Labute approximate surface area is 134 Å². The Balaban J connectivity index is 1.74. The van der Waals surface area contributed by atoms with E-state index in [4.69, 9.17) is 0 Å². The van der Waals surface area contributed by atoms with Crippen molar-refractivity contribution in [1.29, 1.82) is 0 Å². The van der Waals surface area contributed by atoms with Gasteiger partial charge in [0.05, 0.1) is 17.5 Å². The first-order valence-electron chi connectivity index (χ1n) is 7.96. The number of nitrogens with one attached hydrogen (secondary N) is 2. The summed E-state index contributed by atoms with van der Waals surface area (Å²) in [6, 6.07) is 3.20. The summed E-state index contributed by atoms with van der Waals surface area (Å²) >= 11 is 0. The Kier molecular flexibility index (Phi) is 4.27. The van der Waals surface area contributed by atoms with Gasteiger partial charge in [-0.3, -0.25) is 9.59 Å². The quantitative estimate of drug-likeness (QED) is 0.899. The molecule has 0 aliphatic heterocycles. The molecule has 0 unspecified atom stereocenters. The molecule has 2 aromatic heterocycles. The van der Waals surface area contributed by atoms with Gasteiger partial charge in [-0.05, 0) is 44.6 Å². The Morgan fingerprint density at radius 2 is 2.04 bits per heavy atom. The van der Waals surface area contributed by atoms with Crippen molar-refractivity contribution < 1.29 is 4.79 Å². The van der Waals surface area contributed by atoms with Crippen molar-refractivity contribution in [2.45, 2.75) is 45.6 Å². The van der Waals surface area contributed by atoms with Crippen molar-refractivity contribution in [3.8, 4) is 5.82 Å². The third kappa shape index (κ3) is 3.33. The molecular weight excluding hydrogens is 294 g/mol. The third-order valence-electron chi connectivity index (χ3n) is 4.49. The van der Waals surface area contributed by atoms with Crippen LogP contribution in [0.25, 0.3) is 5.82 Å². The van der Waals surface area contributed by atoms with Gasteiger partial charge < -0.3 is 5.32 Å². The van der Waals surface area contributed by atoms with Crippen LogP contribution in [0.2, 0.25) is 0 Å². The predicted molar refractivity (Wildman–Crippen MR) is 85.6 cm³/mol. The molecule has 0 radical (unpaired) electrons. The fraction of sp³-hybridized carbons (Fsp3) is 0.500. The summed E-state index contributed by atoms with van der Waals surface area (Å²) in [6.45, 7) is 4.07. The summed E-state index contributed by atoms with van der Waals surface area (Å²) in [7, 11) is 0. The van der Waals surface area contributed by atoms with Crippen molar-refractivity contribution in [1.82, 2.24) is 25.3 Å². The molecule has 2 N–H and O–H groups in total. The van der Waals surface area contributed by atoms with Crippen LogP contribution in [0.1, 0.15) is 48.7 Å². The molecule has 1 saturated carbocycles. The lowest BCUT2D eigenvalue weighted by Crippen LogP contribution is -2.37. The van der Waals surface area contributed by atoms with Crippen molar-refractivity contribution in [2.24, 2.45) is 5.92 Å². The number of aromatic amines is 1. The third-order valence-corrected chi connectivity index (χ3v) is 4.49. The van der Waals surface area contributed by atoms with Crippen molar-refractivity contribution in [2.75, 3.05) is 0 Å². The zero-order valence-electron chi connectivity index (χ0n) is 13.4. The van der Waals surface area contributed by atoms with Crippen LogP contribution >= 0.6 is 0 Å². The summed E-state index contributed by atoms with van der Waals surface area (Å²) in [5.74, 6) is 1.13. The molecule has 3 rings (SSSR count). The zero-order valence-corrected chi connectivity index (χ0v) is 13.4. The van der Waals surface area contributed by atoms with Crippen LogP contribution < -0.4 is 10.9 Å². The summed E-state index contributed by atoms with van der Waals surface area (Å²) in [6.07, 6.45) is 5.92. The number of carbonyl (C=O) groups excluding carboxylic acids is 1. The topological polar surface area (TPSA) is 92.7 Å².